The summed E-state index contributed by atoms with van der Waals surface area (Å²) in [6.07, 6.45) is 0.829. The number of nitrogen functional groups attached to an aromatic ring is 1. The quantitative estimate of drug-likeness (QED) is 0.0892. The van der Waals surface area contributed by atoms with Gasteiger partial charge in [0.15, 0.2) is 26.0 Å². The van der Waals surface area contributed by atoms with Crippen molar-refractivity contribution in [2.24, 2.45) is 11.8 Å². The summed E-state index contributed by atoms with van der Waals surface area (Å²) in [4.78, 5) is 67.0. The predicted octanol–water partition coefficient (Wildman–Crippen LogP) is 4.10. The van der Waals surface area contributed by atoms with Crippen molar-refractivity contribution in [1.29, 1.82) is 0 Å². The van der Waals surface area contributed by atoms with Crippen LogP contribution in [0, 0.1) is 11.8 Å². The van der Waals surface area contributed by atoms with E-state index in [-0.39, 0.29) is 53.1 Å². The van der Waals surface area contributed by atoms with Crippen molar-refractivity contribution in [1.82, 2.24) is 29.1 Å². The van der Waals surface area contributed by atoms with Gasteiger partial charge in [-0.1, -0.05) is 46.4 Å². The summed E-state index contributed by atoms with van der Waals surface area (Å²) in [5, 5.41) is 1.19. The Labute approximate surface area is 345 Å². The highest BCUT2D eigenvalue weighted by atomic mass is 32.2. The number of rotatable bonds is 16. The number of carbonyl (C=O) groups excluding carboxylic acids is 4. The number of hydrogen-bond acceptors (Lipinski definition) is 17. The number of nitrogens with two attached hydrogens (primary N) is 1. The first kappa shape index (κ1) is 43.4. The Hall–Kier alpha value is -4.19. The number of esters is 1. The molecule has 3 aliphatic rings. The Balaban J connectivity index is 1.10. The van der Waals surface area contributed by atoms with Gasteiger partial charge in [0.25, 0.3) is 0 Å². The molecule has 0 unspecified atom stereocenters. The summed E-state index contributed by atoms with van der Waals surface area (Å²) in [7, 11) is -7.15. The number of nitrogens with one attached hydrogen (secondary N) is 1. The van der Waals surface area contributed by atoms with E-state index in [2.05, 4.69) is 55.4 Å². The molecule has 2 fully saturated rings. The fraction of sp³-hybridized carbons (Fsp3) is 0.528. The van der Waals surface area contributed by atoms with Gasteiger partial charge in [-0.2, -0.15) is 13.1 Å². The molecule has 0 saturated carbocycles. The average Bonchev–Trinajstić information content (AvgIpc) is 3.90. The van der Waals surface area contributed by atoms with Crippen LogP contribution >= 0.6 is 23.1 Å². The summed E-state index contributed by atoms with van der Waals surface area (Å²) in [5.74, 6) is -2.12. The van der Waals surface area contributed by atoms with Gasteiger partial charge in [0.2, 0.25) is 5.91 Å². The van der Waals surface area contributed by atoms with Crippen molar-refractivity contribution in [2.75, 3.05) is 31.3 Å². The van der Waals surface area contributed by atoms with Crippen LogP contribution in [0.1, 0.15) is 45.2 Å². The molecule has 0 spiro atoms. The van der Waals surface area contributed by atoms with E-state index in [0.717, 1.165) is 4.88 Å². The smallest absolute Gasteiger partial charge is 0.423 e. The molecule has 3 N–H and O–H groups in total. The third-order valence-corrected chi connectivity index (χ3v) is 18.3. The van der Waals surface area contributed by atoms with Crippen LogP contribution in [0.2, 0.25) is 18.1 Å². The lowest BCUT2D eigenvalue weighted by molar-refractivity contribution is -0.155. The number of nitrogens with zero attached hydrogens (tertiary/aromatic N) is 5. The Bertz CT molecular complexity index is 2210. The third-order valence-electron chi connectivity index (χ3n) is 10.7. The zero-order valence-corrected chi connectivity index (χ0v) is 36.4. The Morgan fingerprint density at radius 2 is 1.95 bits per heavy atom. The lowest BCUT2D eigenvalue weighted by Crippen LogP contribution is -2.62. The van der Waals surface area contributed by atoms with Crippen molar-refractivity contribution in [2.45, 2.75) is 82.5 Å². The van der Waals surface area contributed by atoms with E-state index in [1.165, 1.54) is 46.7 Å². The van der Waals surface area contributed by atoms with Gasteiger partial charge in [-0.15, -0.1) is 23.1 Å². The van der Waals surface area contributed by atoms with Crippen molar-refractivity contribution in [3.05, 3.63) is 59.0 Å². The maximum atomic E-state index is 13.3. The SMILES string of the molecule is C=CCOC(=O)C1=C(COC(=O)NS(=O)(=O)OC[C@H]2O[C@@H](n3cnc4c(N)ncnc43)[C@H](O[Si](C)(C)C(C)(C)C)[C@@H]2C)CS[C@@H]2[C@H](CC(=O)Cc3cccs3)C(=O)N12. The van der Waals surface area contributed by atoms with E-state index in [1.807, 2.05) is 24.4 Å². The Morgan fingerprint density at radius 1 is 1.19 bits per heavy atom. The van der Waals surface area contributed by atoms with Gasteiger partial charge < -0.3 is 24.4 Å². The highest BCUT2D eigenvalue weighted by Crippen LogP contribution is 2.46. The first-order chi connectivity index (χ1) is 27.3. The van der Waals surface area contributed by atoms with E-state index in [1.54, 1.807) is 9.29 Å². The van der Waals surface area contributed by atoms with Crippen LogP contribution in [0.25, 0.3) is 11.2 Å². The highest BCUT2D eigenvalue weighted by Gasteiger charge is 2.54. The maximum absolute atomic E-state index is 13.3. The number of ether oxygens (including phenoxy) is 3. The molecule has 2 saturated heterocycles. The first-order valence-electron chi connectivity index (χ1n) is 18.4. The molecule has 6 atom stereocenters. The number of Topliss-reactive ketones (excluding diaryl/α,β-unsaturated/α-hetero) is 1. The second kappa shape index (κ2) is 17.2. The van der Waals surface area contributed by atoms with Crippen LogP contribution in [-0.4, -0.2) is 108 Å². The van der Waals surface area contributed by atoms with E-state index >= 15 is 0 Å². The number of ketones is 1. The summed E-state index contributed by atoms with van der Waals surface area (Å²) >= 11 is 2.75. The summed E-state index contributed by atoms with van der Waals surface area (Å²) < 4.78 is 58.4. The predicted molar refractivity (Wildman–Crippen MR) is 217 cm³/mol. The highest BCUT2D eigenvalue weighted by molar-refractivity contribution is 8.00. The molecular weight excluding hydrogens is 831 g/mol. The van der Waals surface area contributed by atoms with Crippen molar-refractivity contribution in [3.63, 3.8) is 0 Å². The summed E-state index contributed by atoms with van der Waals surface area (Å²) in [6, 6.07) is 3.70. The normalized spacial score (nSPS) is 23.7. The van der Waals surface area contributed by atoms with Crippen LogP contribution in [-0.2, 0) is 53.9 Å². The zero-order chi connectivity index (χ0) is 42.2. The monoisotopic (exact) mass is 877 g/mol. The average molecular weight is 878 g/mol. The largest absolute Gasteiger partial charge is 0.457 e. The Kier molecular flexibility index (Phi) is 12.9. The van der Waals surface area contributed by atoms with Crippen LogP contribution in [0.3, 0.4) is 0 Å². The van der Waals surface area contributed by atoms with E-state index in [9.17, 15) is 27.6 Å². The number of amides is 2. The zero-order valence-electron chi connectivity index (χ0n) is 32.9. The van der Waals surface area contributed by atoms with E-state index < -0.39 is 85.5 Å². The molecule has 2 amide bonds. The molecule has 58 heavy (non-hydrogen) atoms. The van der Waals surface area contributed by atoms with E-state index in [0.29, 0.717) is 11.2 Å². The minimum absolute atomic E-state index is 0.00610. The second-order valence-corrected chi connectivity index (χ2v) is 23.9. The number of thioether (sulfide) groups is 1. The molecule has 0 radical (unpaired) electrons. The van der Waals surface area contributed by atoms with Crippen molar-refractivity contribution >= 4 is 82.5 Å². The topological polar surface area (TPSA) is 233 Å². The van der Waals surface area contributed by atoms with Crippen molar-refractivity contribution in [3.8, 4) is 0 Å². The van der Waals surface area contributed by atoms with Crippen LogP contribution in [0.4, 0.5) is 10.6 Å². The van der Waals surface area contributed by atoms with Crippen LogP contribution in [0.15, 0.2) is 54.1 Å². The molecule has 18 nitrogen and oxygen atoms in total. The van der Waals surface area contributed by atoms with Gasteiger partial charge in [0.1, 0.15) is 36.5 Å². The van der Waals surface area contributed by atoms with Crippen molar-refractivity contribution < 1.29 is 50.4 Å². The standard InChI is InChI=1S/C36H47N7O11S3Si/c1-8-11-50-34(46)27-21(17-56-33-24(31(45)43(27)33)14-22(44)13-23-10-9-12-55-23)15-51-35(47)41-57(48,49)52-16-25-20(2)28(54-58(6,7)36(3,4)5)32(53-25)42-19-40-26-29(37)38-18-39-30(26)42/h8-10,12,18-20,24-25,28,32-33H,1,11,13-17H2,2-7H3,(H,41,47)(H2,37,38,39)/t20-,24-,25-,28-,32-,33-/m1/s1. The van der Waals surface area contributed by atoms with Crippen LogP contribution < -0.4 is 10.5 Å². The number of aromatic nitrogens is 4. The van der Waals surface area contributed by atoms with Gasteiger partial charge in [0.05, 0.1) is 36.4 Å². The number of carbonyl (C=O) groups is 4. The van der Waals surface area contributed by atoms with Gasteiger partial charge >= 0.3 is 22.4 Å². The van der Waals surface area contributed by atoms with E-state index in [4.69, 9.17) is 28.6 Å². The molecule has 6 rings (SSSR count). The number of fused-ring (bicyclic) bond motifs is 2. The molecule has 0 bridgehead atoms. The van der Waals surface area contributed by atoms with Crippen LogP contribution in [0.5, 0.6) is 0 Å². The third kappa shape index (κ3) is 9.16. The minimum atomic E-state index is -4.74. The number of imidazole rings is 1. The summed E-state index contributed by atoms with van der Waals surface area (Å²) in [5.41, 5.74) is 6.90. The number of β-lactam (4-membered cyclic amide) rings is 1. The first-order valence-corrected chi connectivity index (χ1v) is 24.7. The lowest BCUT2D eigenvalue weighted by Gasteiger charge is -2.49. The Morgan fingerprint density at radius 3 is 2.64 bits per heavy atom. The fourth-order valence-corrected chi connectivity index (χ4v) is 10.7. The van der Waals surface area contributed by atoms with Gasteiger partial charge in [-0.05, 0) is 29.6 Å². The molecular formula is C36H47N7O11S3Si. The molecule has 3 aromatic rings. The van der Waals surface area contributed by atoms with Gasteiger partial charge in [0, 0.05) is 35.0 Å². The second-order valence-electron chi connectivity index (χ2n) is 15.6. The molecule has 314 valence electrons. The minimum Gasteiger partial charge on any atom is -0.457 e. The number of anilines is 1. The number of thiophene rings is 1. The molecule has 6 heterocycles. The maximum Gasteiger partial charge on any atom is 0.423 e. The fourth-order valence-electron chi connectivity index (χ4n) is 6.52. The number of hydrogen-bond donors (Lipinski definition) is 2. The van der Waals surface area contributed by atoms with Gasteiger partial charge in [-0.3, -0.25) is 23.2 Å². The molecule has 3 aromatic heterocycles. The van der Waals surface area contributed by atoms with Gasteiger partial charge in [-0.25, -0.2) is 24.5 Å². The molecule has 22 heteroatoms. The molecule has 0 aliphatic carbocycles. The molecule has 0 aromatic carbocycles. The lowest BCUT2D eigenvalue weighted by atomic mass is 9.89. The summed E-state index contributed by atoms with van der Waals surface area (Å²) in [6.45, 7) is 14.7. The molecule has 3 aliphatic heterocycles.